The van der Waals surface area contributed by atoms with Crippen LogP contribution in [0.1, 0.15) is 54.4 Å². The Morgan fingerprint density at radius 3 is 2.65 bits per heavy atom. The SMILES string of the molecule is Cc1nn(-c2ccccc2)c2nc(C3CC3)cc(C(=O)NCC(C)C)c12. The van der Waals surface area contributed by atoms with E-state index in [0.29, 0.717) is 23.9 Å². The summed E-state index contributed by atoms with van der Waals surface area (Å²) < 4.78 is 1.86. The summed E-state index contributed by atoms with van der Waals surface area (Å²) in [6, 6.07) is 11.9. The Morgan fingerprint density at radius 1 is 1.27 bits per heavy atom. The van der Waals surface area contributed by atoms with E-state index in [0.717, 1.165) is 41.0 Å². The van der Waals surface area contributed by atoms with Crippen molar-refractivity contribution in [2.75, 3.05) is 6.54 Å². The normalized spacial score (nSPS) is 14.2. The highest BCUT2D eigenvalue weighted by Gasteiger charge is 2.29. The zero-order chi connectivity index (χ0) is 18.3. The van der Waals surface area contributed by atoms with Crippen LogP contribution in [0.25, 0.3) is 16.7 Å². The summed E-state index contributed by atoms with van der Waals surface area (Å²) in [5, 5.41) is 8.59. The monoisotopic (exact) mass is 348 g/mol. The number of nitrogens with one attached hydrogen (secondary N) is 1. The molecule has 0 atom stereocenters. The second kappa shape index (κ2) is 6.56. The molecule has 0 spiro atoms. The highest BCUT2D eigenvalue weighted by atomic mass is 16.1. The van der Waals surface area contributed by atoms with Crippen molar-refractivity contribution in [3.8, 4) is 5.69 Å². The summed E-state index contributed by atoms with van der Waals surface area (Å²) in [6.45, 7) is 6.79. The first-order valence-electron chi connectivity index (χ1n) is 9.28. The van der Waals surface area contributed by atoms with Gasteiger partial charge in [0.05, 0.1) is 22.3 Å². The third kappa shape index (κ3) is 3.09. The van der Waals surface area contributed by atoms with Crippen LogP contribution in [0.3, 0.4) is 0 Å². The van der Waals surface area contributed by atoms with Crippen molar-refractivity contribution in [1.82, 2.24) is 20.1 Å². The van der Waals surface area contributed by atoms with Gasteiger partial charge in [-0.15, -0.1) is 0 Å². The lowest BCUT2D eigenvalue weighted by molar-refractivity contribution is 0.0950. The molecule has 5 nitrogen and oxygen atoms in total. The second-order valence-electron chi connectivity index (χ2n) is 7.50. The van der Waals surface area contributed by atoms with Crippen LogP contribution in [0.2, 0.25) is 0 Å². The molecule has 4 rings (SSSR count). The van der Waals surface area contributed by atoms with Crippen molar-refractivity contribution < 1.29 is 4.79 Å². The summed E-state index contributed by atoms with van der Waals surface area (Å²) in [4.78, 5) is 17.8. The lowest BCUT2D eigenvalue weighted by Gasteiger charge is -2.11. The zero-order valence-corrected chi connectivity index (χ0v) is 15.5. The van der Waals surface area contributed by atoms with E-state index in [-0.39, 0.29) is 5.91 Å². The highest BCUT2D eigenvalue weighted by molar-refractivity contribution is 6.06. The zero-order valence-electron chi connectivity index (χ0n) is 15.5. The van der Waals surface area contributed by atoms with E-state index < -0.39 is 0 Å². The van der Waals surface area contributed by atoms with Gasteiger partial charge in [0, 0.05) is 18.2 Å². The number of fused-ring (bicyclic) bond motifs is 1. The lowest BCUT2D eigenvalue weighted by atomic mass is 10.1. The number of amides is 1. The first-order valence-corrected chi connectivity index (χ1v) is 9.28. The number of hydrogen-bond donors (Lipinski definition) is 1. The van der Waals surface area contributed by atoms with Gasteiger partial charge in [-0.2, -0.15) is 5.10 Å². The van der Waals surface area contributed by atoms with Crippen LogP contribution in [-0.4, -0.2) is 27.2 Å². The fourth-order valence-electron chi connectivity index (χ4n) is 3.22. The maximum absolute atomic E-state index is 12.9. The minimum Gasteiger partial charge on any atom is -0.352 e. The Morgan fingerprint density at radius 2 is 2.00 bits per heavy atom. The summed E-state index contributed by atoms with van der Waals surface area (Å²) in [7, 11) is 0. The third-order valence-electron chi connectivity index (χ3n) is 4.74. The maximum atomic E-state index is 12.9. The fourth-order valence-corrected chi connectivity index (χ4v) is 3.22. The predicted molar refractivity (Wildman–Crippen MR) is 103 cm³/mol. The standard InChI is InChI=1S/C21H24N4O/c1-13(2)12-22-21(26)17-11-18(15-9-10-15)23-20-19(17)14(3)24-25(20)16-7-5-4-6-8-16/h4-8,11,13,15H,9-10,12H2,1-3H3,(H,22,26). The number of aryl methyl sites for hydroxylation is 1. The molecule has 3 aromatic rings. The Labute approximate surface area is 153 Å². The highest BCUT2D eigenvalue weighted by Crippen LogP contribution is 2.40. The molecule has 0 aliphatic heterocycles. The van der Waals surface area contributed by atoms with Crippen LogP contribution < -0.4 is 5.32 Å². The molecule has 0 bridgehead atoms. The number of rotatable bonds is 5. The van der Waals surface area contributed by atoms with E-state index >= 15 is 0 Å². The van der Waals surface area contributed by atoms with E-state index in [2.05, 4.69) is 19.2 Å². The van der Waals surface area contributed by atoms with Crippen LogP contribution in [0.15, 0.2) is 36.4 Å². The Kier molecular flexibility index (Phi) is 4.23. The number of hydrogen-bond acceptors (Lipinski definition) is 3. The third-order valence-corrected chi connectivity index (χ3v) is 4.74. The first kappa shape index (κ1) is 16.8. The molecule has 1 aromatic carbocycles. The summed E-state index contributed by atoms with van der Waals surface area (Å²) >= 11 is 0. The van der Waals surface area contributed by atoms with Gasteiger partial charge < -0.3 is 5.32 Å². The molecular weight excluding hydrogens is 324 g/mol. The van der Waals surface area contributed by atoms with Crippen molar-refractivity contribution in [3.05, 3.63) is 53.3 Å². The molecule has 134 valence electrons. The van der Waals surface area contributed by atoms with Gasteiger partial charge in [-0.1, -0.05) is 32.0 Å². The first-order chi connectivity index (χ1) is 12.5. The van der Waals surface area contributed by atoms with Crippen LogP contribution >= 0.6 is 0 Å². The quantitative estimate of drug-likeness (QED) is 0.758. The van der Waals surface area contributed by atoms with Crippen molar-refractivity contribution in [2.45, 2.75) is 39.5 Å². The molecular formula is C21H24N4O. The topological polar surface area (TPSA) is 59.8 Å². The number of carbonyl (C=O) groups excluding carboxylic acids is 1. The van der Waals surface area contributed by atoms with Crippen molar-refractivity contribution in [1.29, 1.82) is 0 Å². The minimum absolute atomic E-state index is 0.0382. The molecule has 1 saturated carbocycles. The summed E-state index contributed by atoms with van der Waals surface area (Å²) in [6.07, 6.45) is 2.29. The largest absolute Gasteiger partial charge is 0.352 e. The Balaban J connectivity index is 1.88. The fraction of sp³-hybridized carbons (Fsp3) is 0.381. The lowest BCUT2D eigenvalue weighted by Crippen LogP contribution is -2.27. The number of pyridine rings is 1. The molecule has 0 radical (unpaired) electrons. The predicted octanol–water partition coefficient (Wildman–Crippen LogP) is 3.99. The van der Waals surface area contributed by atoms with Crippen molar-refractivity contribution >= 4 is 16.9 Å². The molecule has 1 fully saturated rings. The van der Waals surface area contributed by atoms with Gasteiger partial charge in [0.2, 0.25) is 0 Å². The van der Waals surface area contributed by atoms with Gasteiger partial charge in [-0.3, -0.25) is 4.79 Å². The van der Waals surface area contributed by atoms with E-state index in [4.69, 9.17) is 10.1 Å². The van der Waals surface area contributed by atoms with Crippen LogP contribution in [0, 0.1) is 12.8 Å². The second-order valence-corrected chi connectivity index (χ2v) is 7.50. The van der Waals surface area contributed by atoms with Crippen molar-refractivity contribution in [3.63, 3.8) is 0 Å². The molecule has 2 aromatic heterocycles. The molecule has 0 saturated heterocycles. The van der Waals surface area contributed by atoms with Crippen LogP contribution in [0.4, 0.5) is 0 Å². The van der Waals surface area contributed by atoms with Gasteiger partial charge in [-0.05, 0) is 43.9 Å². The molecule has 1 aliphatic rings. The minimum atomic E-state index is -0.0382. The molecule has 2 heterocycles. The molecule has 26 heavy (non-hydrogen) atoms. The summed E-state index contributed by atoms with van der Waals surface area (Å²) in [5.41, 5.74) is 4.25. The van der Waals surface area contributed by atoms with Crippen LogP contribution in [-0.2, 0) is 0 Å². The Bertz CT molecular complexity index is 955. The van der Waals surface area contributed by atoms with E-state index in [1.165, 1.54) is 0 Å². The number of aromatic nitrogens is 3. The number of nitrogens with zero attached hydrogens (tertiary/aromatic N) is 3. The molecule has 1 amide bonds. The molecule has 1 N–H and O–H groups in total. The maximum Gasteiger partial charge on any atom is 0.252 e. The number of para-hydroxylation sites is 1. The van der Waals surface area contributed by atoms with Crippen LogP contribution in [0.5, 0.6) is 0 Å². The molecule has 0 unspecified atom stereocenters. The van der Waals surface area contributed by atoms with E-state index in [9.17, 15) is 4.79 Å². The Hall–Kier alpha value is -2.69. The molecule has 1 aliphatic carbocycles. The van der Waals surface area contributed by atoms with Gasteiger partial charge in [0.25, 0.3) is 5.91 Å². The van der Waals surface area contributed by atoms with Gasteiger partial charge in [-0.25, -0.2) is 9.67 Å². The average Bonchev–Trinajstić information content (AvgIpc) is 3.44. The van der Waals surface area contributed by atoms with E-state index in [1.54, 1.807) is 0 Å². The smallest absolute Gasteiger partial charge is 0.252 e. The average molecular weight is 348 g/mol. The van der Waals surface area contributed by atoms with E-state index in [1.807, 2.05) is 48.0 Å². The van der Waals surface area contributed by atoms with Gasteiger partial charge in [0.1, 0.15) is 0 Å². The number of benzene rings is 1. The molecule has 5 heteroatoms. The van der Waals surface area contributed by atoms with Crippen molar-refractivity contribution in [2.24, 2.45) is 5.92 Å². The number of carbonyl (C=O) groups is 1. The van der Waals surface area contributed by atoms with Gasteiger partial charge in [0.15, 0.2) is 5.65 Å². The van der Waals surface area contributed by atoms with Gasteiger partial charge >= 0.3 is 0 Å². The summed E-state index contributed by atoms with van der Waals surface area (Å²) in [5.74, 6) is 0.839.